The predicted molar refractivity (Wildman–Crippen MR) is 177 cm³/mol. The first kappa shape index (κ1) is 32.2. The third-order valence-corrected chi connectivity index (χ3v) is 9.31. The first-order valence-electron chi connectivity index (χ1n) is 15.4. The third-order valence-electron chi connectivity index (χ3n) is 8.57. The van der Waals surface area contributed by atoms with Crippen LogP contribution in [0.2, 0.25) is 10.0 Å². The number of nitrogens with zero attached hydrogens (tertiary/aromatic N) is 4. The number of carbonyl (C=O) groups is 2. The highest BCUT2D eigenvalue weighted by Gasteiger charge is 2.30. The standard InChI is InChI=1S/C35H40Cl2N4O3/c1-3-44-22-21-41-32-12-8-7-11-31(32)38-34(41)33(42)25-15-18-40(19-16-25)20-17-28(27-13-14-29(36)30(37)23-27)24-39(2)35(43)26-9-5-4-6-10-26/h4-14,23,25,28H,3,15-22,24H2,1-2H3. The summed E-state index contributed by atoms with van der Waals surface area (Å²) in [5.74, 6) is 0.658. The van der Waals surface area contributed by atoms with Crippen LogP contribution in [0.25, 0.3) is 11.0 Å². The van der Waals surface area contributed by atoms with Gasteiger partial charge in [0.15, 0.2) is 5.82 Å². The molecule has 1 aromatic heterocycles. The molecule has 1 saturated heterocycles. The summed E-state index contributed by atoms with van der Waals surface area (Å²) in [6.07, 6.45) is 2.42. The summed E-state index contributed by atoms with van der Waals surface area (Å²) in [6.45, 7) is 6.84. The Hall–Kier alpha value is -3.23. The molecule has 0 radical (unpaired) electrons. The van der Waals surface area contributed by atoms with Crippen LogP contribution in [0.5, 0.6) is 0 Å². The van der Waals surface area contributed by atoms with Crippen LogP contribution >= 0.6 is 23.2 Å². The Morgan fingerprint density at radius 1 is 0.977 bits per heavy atom. The molecule has 0 N–H and O–H groups in total. The molecule has 1 atom stereocenters. The number of piperidine rings is 1. The first-order chi connectivity index (χ1) is 21.4. The van der Waals surface area contributed by atoms with Crippen LogP contribution in [-0.2, 0) is 11.3 Å². The Bertz CT molecular complexity index is 1570. The number of hydrogen-bond donors (Lipinski definition) is 0. The van der Waals surface area contributed by atoms with Crippen molar-refractivity contribution >= 4 is 45.9 Å². The summed E-state index contributed by atoms with van der Waals surface area (Å²) in [7, 11) is 1.85. The largest absolute Gasteiger partial charge is 0.380 e. The van der Waals surface area contributed by atoms with Crippen LogP contribution in [0.15, 0.2) is 72.8 Å². The number of likely N-dealkylation sites (N-methyl/N-ethyl adjacent to an activating group) is 1. The number of ketones is 1. The van der Waals surface area contributed by atoms with Gasteiger partial charge in [-0.2, -0.15) is 0 Å². The molecule has 0 bridgehead atoms. The molecule has 1 unspecified atom stereocenters. The van der Waals surface area contributed by atoms with Gasteiger partial charge in [-0.15, -0.1) is 0 Å². The van der Waals surface area contributed by atoms with Crippen LogP contribution in [-0.4, -0.2) is 77.5 Å². The van der Waals surface area contributed by atoms with Gasteiger partial charge in [0.05, 0.1) is 27.7 Å². The molecule has 0 spiro atoms. The number of fused-ring (bicyclic) bond motifs is 1. The van der Waals surface area contributed by atoms with Crippen molar-refractivity contribution in [2.45, 2.75) is 38.6 Å². The monoisotopic (exact) mass is 634 g/mol. The van der Waals surface area contributed by atoms with Gasteiger partial charge in [0, 0.05) is 44.1 Å². The SMILES string of the molecule is CCOCCn1c(C(=O)C2CCN(CCC(CN(C)C(=O)c3ccccc3)c3ccc(Cl)c(Cl)c3)CC2)nc2ccccc21. The molecule has 1 fully saturated rings. The average Bonchev–Trinajstić information content (AvgIpc) is 3.42. The van der Waals surface area contributed by atoms with Crippen molar-refractivity contribution in [3.8, 4) is 0 Å². The molecule has 9 heteroatoms. The number of halogens is 2. The van der Waals surface area contributed by atoms with E-state index in [9.17, 15) is 9.59 Å². The van der Waals surface area contributed by atoms with Crippen molar-refractivity contribution in [3.63, 3.8) is 0 Å². The molecular weight excluding hydrogens is 595 g/mol. The molecule has 3 aromatic carbocycles. The molecule has 44 heavy (non-hydrogen) atoms. The fourth-order valence-electron chi connectivity index (χ4n) is 6.07. The van der Waals surface area contributed by atoms with E-state index >= 15 is 0 Å². The minimum Gasteiger partial charge on any atom is -0.380 e. The van der Waals surface area contributed by atoms with E-state index in [1.54, 1.807) is 4.90 Å². The van der Waals surface area contributed by atoms with Crippen LogP contribution in [0, 0.1) is 5.92 Å². The minimum absolute atomic E-state index is 0.0118. The van der Waals surface area contributed by atoms with Crippen molar-refractivity contribution in [3.05, 3.63) is 99.8 Å². The molecule has 4 aromatic rings. The van der Waals surface area contributed by atoms with Gasteiger partial charge in [0.2, 0.25) is 5.78 Å². The average molecular weight is 636 g/mol. The van der Waals surface area contributed by atoms with E-state index in [0.29, 0.717) is 47.7 Å². The second-order valence-corrected chi connectivity index (χ2v) is 12.3. The van der Waals surface area contributed by atoms with Gasteiger partial charge < -0.3 is 19.1 Å². The van der Waals surface area contributed by atoms with Gasteiger partial charge >= 0.3 is 0 Å². The molecule has 232 valence electrons. The van der Waals surface area contributed by atoms with Gasteiger partial charge in [-0.25, -0.2) is 4.98 Å². The minimum atomic E-state index is -0.0607. The number of amides is 1. The van der Waals surface area contributed by atoms with Crippen LogP contribution in [0.1, 0.15) is 58.6 Å². The Balaban J connectivity index is 1.23. The second-order valence-electron chi connectivity index (χ2n) is 11.5. The van der Waals surface area contributed by atoms with Crippen LogP contribution < -0.4 is 0 Å². The van der Waals surface area contributed by atoms with E-state index in [1.807, 2.05) is 91.3 Å². The Labute approximate surface area is 269 Å². The molecule has 2 heterocycles. The molecule has 1 aliphatic rings. The lowest BCUT2D eigenvalue weighted by Gasteiger charge is -2.33. The highest BCUT2D eigenvalue weighted by atomic mass is 35.5. The van der Waals surface area contributed by atoms with E-state index in [1.165, 1.54) is 0 Å². The second kappa shape index (κ2) is 15.2. The normalized spacial score (nSPS) is 15.0. The molecule has 0 saturated carbocycles. The summed E-state index contributed by atoms with van der Waals surface area (Å²) in [5.41, 5.74) is 3.54. The Morgan fingerprint density at radius 3 is 2.43 bits per heavy atom. The summed E-state index contributed by atoms with van der Waals surface area (Å²) in [6, 6.07) is 23.0. The Kier molecular flexibility index (Phi) is 11.1. The first-order valence-corrected chi connectivity index (χ1v) is 16.2. The number of rotatable bonds is 13. The maximum absolute atomic E-state index is 13.7. The quantitative estimate of drug-likeness (QED) is 0.115. The summed E-state index contributed by atoms with van der Waals surface area (Å²) in [5, 5.41) is 1.03. The van der Waals surface area contributed by atoms with Crippen LogP contribution in [0.3, 0.4) is 0 Å². The van der Waals surface area contributed by atoms with Crippen molar-refractivity contribution in [2.24, 2.45) is 5.92 Å². The number of ether oxygens (including phenoxy) is 1. The van der Waals surface area contributed by atoms with Crippen molar-refractivity contribution in [1.29, 1.82) is 0 Å². The molecule has 1 aliphatic heterocycles. The van der Waals surface area contributed by atoms with Gasteiger partial charge in [0.25, 0.3) is 5.91 Å². The number of hydrogen-bond acceptors (Lipinski definition) is 5. The molecular formula is C35H40Cl2N4O3. The van der Waals surface area contributed by atoms with E-state index in [-0.39, 0.29) is 23.5 Å². The molecule has 0 aliphatic carbocycles. The highest BCUT2D eigenvalue weighted by Crippen LogP contribution is 2.30. The lowest BCUT2D eigenvalue weighted by atomic mass is 9.90. The fraction of sp³-hybridized carbons (Fsp3) is 0.400. The number of para-hydroxylation sites is 2. The Morgan fingerprint density at radius 2 is 1.70 bits per heavy atom. The maximum atomic E-state index is 13.7. The zero-order chi connectivity index (χ0) is 31.1. The number of likely N-dealkylation sites (tertiary alicyclic amines) is 1. The van der Waals surface area contributed by atoms with Crippen LogP contribution in [0.4, 0.5) is 0 Å². The van der Waals surface area contributed by atoms with Crippen molar-refractivity contribution < 1.29 is 14.3 Å². The van der Waals surface area contributed by atoms with Gasteiger partial charge in [-0.3, -0.25) is 9.59 Å². The van der Waals surface area contributed by atoms with E-state index < -0.39 is 0 Å². The third kappa shape index (κ3) is 7.70. The number of imidazole rings is 1. The number of benzene rings is 3. The lowest BCUT2D eigenvalue weighted by molar-refractivity contribution is 0.0779. The summed E-state index contributed by atoms with van der Waals surface area (Å²) in [4.78, 5) is 35.8. The smallest absolute Gasteiger partial charge is 0.253 e. The zero-order valence-electron chi connectivity index (χ0n) is 25.4. The van der Waals surface area contributed by atoms with Crippen molar-refractivity contribution in [1.82, 2.24) is 19.4 Å². The number of aromatic nitrogens is 2. The molecule has 7 nitrogen and oxygen atoms in total. The van der Waals surface area contributed by atoms with Gasteiger partial charge in [0.1, 0.15) is 0 Å². The molecule has 5 rings (SSSR count). The van der Waals surface area contributed by atoms with Gasteiger partial charge in [-0.1, -0.05) is 59.6 Å². The van der Waals surface area contributed by atoms with Crippen molar-refractivity contribution in [2.75, 3.05) is 46.4 Å². The zero-order valence-corrected chi connectivity index (χ0v) is 26.9. The summed E-state index contributed by atoms with van der Waals surface area (Å²) < 4.78 is 7.62. The number of Topliss-reactive ketones (excluding diaryl/α,β-unsaturated/α-hetero) is 1. The highest BCUT2D eigenvalue weighted by molar-refractivity contribution is 6.42. The topological polar surface area (TPSA) is 67.7 Å². The van der Waals surface area contributed by atoms with E-state index in [4.69, 9.17) is 32.9 Å². The fourth-order valence-corrected chi connectivity index (χ4v) is 6.38. The summed E-state index contributed by atoms with van der Waals surface area (Å²) >= 11 is 12.6. The number of carbonyl (C=O) groups excluding carboxylic acids is 2. The van der Waals surface area contributed by atoms with Gasteiger partial charge in [-0.05, 0) is 87.8 Å². The maximum Gasteiger partial charge on any atom is 0.253 e. The molecule has 1 amide bonds. The van der Waals surface area contributed by atoms with E-state index in [2.05, 4.69) is 4.90 Å². The van der Waals surface area contributed by atoms with E-state index in [0.717, 1.165) is 55.5 Å². The lowest BCUT2D eigenvalue weighted by Crippen LogP contribution is -2.38. The predicted octanol–water partition coefficient (Wildman–Crippen LogP) is 7.22.